The van der Waals surface area contributed by atoms with Crippen molar-refractivity contribution in [2.24, 2.45) is 0 Å². The Labute approximate surface area is 202 Å². The first-order valence-electron chi connectivity index (χ1n) is 11.8. The highest BCUT2D eigenvalue weighted by Gasteiger charge is 2.29. The number of amides is 2. The summed E-state index contributed by atoms with van der Waals surface area (Å²) >= 11 is 0. The zero-order valence-corrected chi connectivity index (χ0v) is 20.5. The van der Waals surface area contributed by atoms with Crippen LogP contribution in [0.3, 0.4) is 0 Å². The van der Waals surface area contributed by atoms with Gasteiger partial charge in [-0.05, 0) is 64.2 Å². The maximum atomic E-state index is 12.9. The molecule has 10 heteroatoms. The predicted octanol–water partition coefficient (Wildman–Crippen LogP) is 2.29. The quantitative estimate of drug-likeness (QED) is 0.488. The number of fused-ring (bicyclic) bond motifs is 2. The van der Waals surface area contributed by atoms with Crippen LogP contribution in [0.5, 0.6) is 0 Å². The van der Waals surface area contributed by atoms with E-state index in [1.165, 1.54) is 24.4 Å². The molecule has 2 N–H and O–H groups in total. The van der Waals surface area contributed by atoms with Crippen LogP contribution in [0.2, 0.25) is 0 Å². The van der Waals surface area contributed by atoms with Crippen molar-refractivity contribution in [3.05, 3.63) is 39.2 Å². The lowest BCUT2D eigenvalue weighted by Gasteiger charge is -2.37. The molecule has 35 heavy (non-hydrogen) atoms. The van der Waals surface area contributed by atoms with E-state index in [2.05, 4.69) is 15.5 Å². The van der Waals surface area contributed by atoms with E-state index in [4.69, 9.17) is 13.9 Å². The second kappa shape index (κ2) is 9.59. The van der Waals surface area contributed by atoms with Gasteiger partial charge in [0.05, 0.1) is 7.11 Å². The molecule has 2 aliphatic rings. The topological polar surface area (TPSA) is 127 Å². The van der Waals surface area contributed by atoms with Gasteiger partial charge in [0.1, 0.15) is 22.8 Å². The molecule has 1 aromatic heterocycles. The lowest BCUT2D eigenvalue weighted by Crippen LogP contribution is -2.50. The van der Waals surface area contributed by atoms with Crippen molar-refractivity contribution in [1.82, 2.24) is 10.6 Å². The number of aryl methyl sites for hydroxylation is 2. The molecule has 2 aromatic rings. The number of ether oxygens (including phenoxy) is 2. The van der Waals surface area contributed by atoms with E-state index in [-0.39, 0.29) is 12.1 Å². The largest absolute Gasteiger partial charge is 0.467 e. The molecule has 0 radical (unpaired) electrons. The highest BCUT2D eigenvalue weighted by Crippen LogP contribution is 2.39. The maximum Gasteiger partial charge on any atom is 0.408 e. The van der Waals surface area contributed by atoms with E-state index < -0.39 is 35.2 Å². The third-order valence-corrected chi connectivity index (χ3v) is 6.10. The molecule has 0 spiro atoms. The molecule has 188 valence electrons. The molecule has 4 rings (SSSR count). The Hall–Kier alpha value is -3.56. The number of nitrogens with zero attached hydrogens (tertiary/aromatic N) is 1. The van der Waals surface area contributed by atoms with Gasteiger partial charge in [0.2, 0.25) is 0 Å². The fourth-order valence-electron chi connectivity index (χ4n) is 4.68. The molecule has 0 saturated heterocycles. The number of hydrogen-bond acceptors (Lipinski definition) is 8. The van der Waals surface area contributed by atoms with E-state index in [0.29, 0.717) is 11.0 Å². The molecule has 3 heterocycles. The lowest BCUT2D eigenvalue weighted by molar-refractivity contribution is -0.142. The molecule has 10 nitrogen and oxygen atoms in total. The van der Waals surface area contributed by atoms with Crippen molar-refractivity contribution < 1.29 is 28.3 Å². The zero-order chi connectivity index (χ0) is 25.3. The number of rotatable bonds is 5. The summed E-state index contributed by atoms with van der Waals surface area (Å²) in [4.78, 5) is 52.2. The first kappa shape index (κ1) is 24.6. The fraction of sp³-hybridized carbons (Fsp3) is 0.520. The average molecular weight is 486 g/mol. The summed E-state index contributed by atoms with van der Waals surface area (Å²) in [6.07, 6.45) is 2.97. The van der Waals surface area contributed by atoms with Crippen LogP contribution in [0.15, 0.2) is 21.3 Å². The second-order valence-electron chi connectivity index (χ2n) is 9.85. The second-order valence-corrected chi connectivity index (χ2v) is 9.85. The van der Waals surface area contributed by atoms with Gasteiger partial charge < -0.3 is 29.4 Å². The van der Waals surface area contributed by atoms with Crippen molar-refractivity contribution in [2.75, 3.05) is 31.6 Å². The molecule has 0 fully saturated rings. The van der Waals surface area contributed by atoms with Gasteiger partial charge in [-0.1, -0.05) is 0 Å². The number of esters is 1. The van der Waals surface area contributed by atoms with Crippen LogP contribution < -0.4 is 21.2 Å². The predicted molar refractivity (Wildman–Crippen MR) is 129 cm³/mol. The number of carbonyl (C=O) groups is 3. The number of nitrogens with one attached hydrogen (secondary N) is 2. The summed E-state index contributed by atoms with van der Waals surface area (Å²) in [5.74, 6) is -1.48. The molecule has 2 amide bonds. The minimum atomic E-state index is -1.20. The molecule has 1 aromatic carbocycles. The SMILES string of the molecule is COC(=O)[C@H](CNC(=O)c1cc2cc3c4c(c2oc1=O)CCCN4CCC3)NC(=O)OC(C)(C)C. The Kier molecular flexibility index (Phi) is 6.73. The summed E-state index contributed by atoms with van der Waals surface area (Å²) in [5, 5.41) is 5.60. The van der Waals surface area contributed by atoms with Gasteiger partial charge in [0.25, 0.3) is 5.91 Å². The maximum absolute atomic E-state index is 12.9. The Morgan fingerprint density at radius 3 is 2.54 bits per heavy atom. The van der Waals surface area contributed by atoms with E-state index in [9.17, 15) is 19.2 Å². The number of alkyl carbamates (subject to hydrolysis) is 1. The van der Waals surface area contributed by atoms with Gasteiger partial charge in [0, 0.05) is 36.3 Å². The number of methoxy groups -OCH3 is 1. The third kappa shape index (κ3) is 5.26. The van der Waals surface area contributed by atoms with E-state index >= 15 is 0 Å². The third-order valence-electron chi connectivity index (χ3n) is 6.10. The average Bonchev–Trinajstić information content (AvgIpc) is 2.80. The van der Waals surface area contributed by atoms with Crippen LogP contribution in [0, 0.1) is 0 Å². The highest BCUT2D eigenvalue weighted by molar-refractivity contribution is 5.98. The Balaban J connectivity index is 1.56. The van der Waals surface area contributed by atoms with Crippen molar-refractivity contribution in [3.8, 4) is 0 Å². The Bertz CT molecular complexity index is 1230. The summed E-state index contributed by atoms with van der Waals surface area (Å²) < 4.78 is 15.5. The van der Waals surface area contributed by atoms with Gasteiger partial charge in [-0.15, -0.1) is 0 Å². The normalized spacial score (nSPS) is 15.7. The van der Waals surface area contributed by atoms with Crippen molar-refractivity contribution in [1.29, 1.82) is 0 Å². The van der Waals surface area contributed by atoms with Crippen LogP contribution in [-0.2, 0) is 27.1 Å². The first-order valence-corrected chi connectivity index (χ1v) is 11.8. The van der Waals surface area contributed by atoms with E-state index in [1.807, 2.05) is 6.07 Å². The van der Waals surface area contributed by atoms with Crippen LogP contribution in [0.4, 0.5) is 10.5 Å². The van der Waals surface area contributed by atoms with E-state index in [1.54, 1.807) is 20.8 Å². The zero-order valence-electron chi connectivity index (χ0n) is 20.5. The Morgan fingerprint density at radius 1 is 1.14 bits per heavy atom. The molecule has 0 bridgehead atoms. The monoisotopic (exact) mass is 485 g/mol. The molecular formula is C25H31N3O7. The Morgan fingerprint density at radius 2 is 1.86 bits per heavy atom. The summed E-state index contributed by atoms with van der Waals surface area (Å²) in [7, 11) is 1.17. The van der Waals surface area contributed by atoms with Crippen molar-refractivity contribution in [2.45, 2.75) is 58.1 Å². The molecular weight excluding hydrogens is 454 g/mol. The van der Waals surface area contributed by atoms with E-state index in [0.717, 1.165) is 44.3 Å². The van der Waals surface area contributed by atoms with Crippen molar-refractivity contribution >= 4 is 34.6 Å². The number of carbonyl (C=O) groups excluding carboxylic acids is 3. The van der Waals surface area contributed by atoms with Crippen LogP contribution >= 0.6 is 0 Å². The molecule has 2 aliphatic heterocycles. The van der Waals surface area contributed by atoms with Crippen LogP contribution in [0.25, 0.3) is 11.0 Å². The van der Waals surface area contributed by atoms with Gasteiger partial charge >= 0.3 is 17.7 Å². The number of benzene rings is 1. The molecule has 0 saturated carbocycles. The van der Waals surface area contributed by atoms with Crippen molar-refractivity contribution in [3.63, 3.8) is 0 Å². The summed E-state index contributed by atoms with van der Waals surface area (Å²) in [6, 6.07) is 2.33. The summed E-state index contributed by atoms with van der Waals surface area (Å²) in [6.45, 7) is 6.74. The fourth-order valence-corrected chi connectivity index (χ4v) is 4.68. The minimum Gasteiger partial charge on any atom is -0.467 e. The van der Waals surface area contributed by atoms with Gasteiger partial charge in [-0.2, -0.15) is 0 Å². The van der Waals surface area contributed by atoms with Gasteiger partial charge in [0.15, 0.2) is 0 Å². The summed E-state index contributed by atoms with van der Waals surface area (Å²) in [5.41, 5.74) is 2.22. The molecule has 0 aliphatic carbocycles. The lowest BCUT2D eigenvalue weighted by atomic mass is 9.90. The number of hydrogen-bond donors (Lipinski definition) is 2. The smallest absolute Gasteiger partial charge is 0.408 e. The van der Waals surface area contributed by atoms with Gasteiger partial charge in [-0.25, -0.2) is 14.4 Å². The standard InChI is InChI=1S/C25H31N3O7/c1-25(2,3)35-24(32)27-18(23(31)33-4)13-26-21(29)17-12-15-11-14-7-5-9-28-10-6-8-16(19(14)28)20(15)34-22(17)30/h11-12,18H,5-10,13H2,1-4H3,(H,26,29)(H,27,32)/t18-/m0/s1. The van der Waals surface area contributed by atoms with Crippen LogP contribution in [0.1, 0.15) is 55.1 Å². The van der Waals surface area contributed by atoms with Gasteiger partial charge in [-0.3, -0.25) is 4.79 Å². The molecule has 1 atom stereocenters. The number of anilines is 1. The minimum absolute atomic E-state index is 0.172. The highest BCUT2D eigenvalue weighted by atomic mass is 16.6. The molecule has 0 unspecified atom stereocenters. The first-order chi connectivity index (χ1) is 16.6. The van der Waals surface area contributed by atoms with Crippen LogP contribution in [-0.4, -0.2) is 56.4 Å².